The van der Waals surface area contributed by atoms with Gasteiger partial charge in [-0.2, -0.15) is 0 Å². The minimum absolute atomic E-state index is 0.0899. The average molecular weight is 443 g/mol. The molecule has 4 rings (SSSR count). The zero-order valence-corrected chi connectivity index (χ0v) is 18.0. The molecule has 0 unspecified atom stereocenters. The number of hydrogen-bond acceptors (Lipinski definition) is 4. The molecular formula is C24H24F2N2O2S. The lowest BCUT2D eigenvalue weighted by Gasteiger charge is -2.31. The topological polar surface area (TPSA) is 50.3 Å². The molecule has 7 heteroatoms. The number of aryl methyl sites for hydroxylation is 1. The highest BCUT2D eigenvalue weighted by Gasteiger charge is 2.29. The van der Waals surface area contributed by atoms with Crippen LogP contribution in [0, 0.1) is 17.6 Å². The number of para-hydroxylation sites is 1. The standard InChI is InChI=1S/C24H24F2N2O2S/c25-17-9-10-19(26)18(15-17)24(30)16-11-13-28(14-12-16)23(29)8-4-3-7-22-27-20-5-1-2-6-21(20)31-22/h1-2,5-6,9-10,15-16H,3-4,7-8,11-14H2. The lowest BCUT2D eigenvalue weighted by atomic mass is 9.88. The lowest BCUT2D eigenvalue weighted by Crippen LogP contribution is -2.40. The fraction of sp³-hybridized carbons (Fsp3) is 0.375. The van der Waals surface area contributed by atoms with Gasteiger partial charge < -0.3 is 4.90 Å². The second-order valence-corrected chi connectivity index (χ2v) is 9.04. The van der Waals surface area contributed by atoms with Crippen LogP contribution in [0.15, 0.2) is 42.5 Å². The number of carbonyl (C=O) groups is 2. The Kier molecular flexibility index (Phi) is 6.70. The van der Waals surface area contributed by atoms with Crippen LogP contribution < -0.4 is 0 Å². The van der Waals surface area contributed by atoms with E-state index in [4.69, 9.17) is 0 Å². The molecule has 0 N–H and O–H groups in total. The maximum Gasteiger partial charge on any atom is 0.222 e. The quantitative estimate of drug-likeness (QED) is 0.363. The summed E-state index contributed by atoms with van der Waals surface area (Å²) in [5.74, 6) is -1.98. The van der Waals surface area contributed by atoms with Gasteiger partial charge in [0.25, 0.3) is 0 Å². The SMILES string of the molecule is O=C(c1cc(F)ccc1F)C1CCN(C(=O)CCCCc2nc3ccccc3s2)CC1. The minimum atomic E-state index is -0.696. The molecule has 0 aliphatic carbocycles. The van der Waals surface area contributed by atoms with Gasteiger partial charge in [0.15, 0.2) is 5.78 Å². The molecule has 0 atom stereocenters. The van der Waals surface area contributed by atoms with Crippen molar-refractivity contribution in [1.82, 2.24) is 9.88 Å². The number of fused-ring (bicyclic) bond motifs is 1. The molecule has 3 aromatic rings. The third kappa shape index (κ3) is 5.15. The van der Waals surface area contributed by atoms with Crippen LogP contribution >= 0.6 is 11.3 Å². The van der Waals surface area contributed by atoms with Crippen LogP contribution in [0.2, 0.25) is 0 Å². The van der Waals surface area contributed by atoms with Gasteiger partial charge in [-0.05, 0) is 62.4 Å². The molecule has 31 heavy (non-hydrogen) atoms. The van der Waals surface area contributed by atoms with Gasteiger partial charge in [0.2, 0.25) is 5.91 Å². The van der Waals surface area contributed by atoms with E-state index in [1.807, 2.05) is 18.2 Å². The summed E-state index contributed by atoms with van der Waals surface area (Å²) in [6, 6.07) is 11.0. The normalized spacial score (nSPS) is 14.8. The number of benzene rings is 2. The van der Waals surface area contributed by atoms with Gasteiger partial charge in [-0.3, -0.25) is 9.59 Å². The van der Waals surface area contributed by atoms with Crippen LogP contribution in [0.3, 0.4) is 0 Å². The molecule has 0 spiro atoms. The highest BCUT2D eigenvalue weighted by Crippen LogP contribution is 2.25. The van der Waals surface area contributed by atoms with Crippen molar-refractivity contribution in [3.63, 3.8) is 0 Å². The maximum atomic E-state index is 13.9. The molecule has 2 heterocycles. The molecule has 1 amide bonds. The largest absolute Gasteiger partial charge is 0.343 e. The van der Waals surface area contributed by atoms with E-state index in [1.54, 1.807) is 16.2 Å². The molecule has 0 saturated carbocycles. The Balaban J connectivity index is 1.21. The number of carbonyl (C=O) groups excluding carboxylic acids is 2. The maximum absolute atomic E-state index is 13.9. The average Bonchev–Trinajstić information content (AvgIpc) is 3.21. The summed E-state index contributed by atoms with van der Waals surface area (Å²) in [5.41, 5.74) is 0.828. The highest BCUT2D eigenvalue weighted by molar-refractivity contribution is 7.18. The first-order valence-corrected chi connectivity index (χ1v) is 11.4. The molecule has 162 valence electrons. The van der Waals surface area contributed by atoms with Crippen molar-refractivity contribution >= 4 is 33.2 Å². The van der Waals surface area contributed by atoms with Crippen LogP contribution in [-0.2, 0) is 11.2 Å². The number of ketones is 1. The van der Waals surface area contributed by atoms with E-state index in [2.05, 4.69) is 11.1 Å². The first kappa shape index (κ1) is 21.6. The number of likely N-dealkylation sites (tertiary alicyclic amines) is 1. The molecule has 0 bridgehead atoms. The summed E-state index contributed by atoms with van der Waals surface area (Å²) in [4.78, 5) is 31.5. The molecule has 4 nitrogen and oxygen atoms in total. The van der Waals surface area contributed by atoms with E-state index in [0.717, 1.165) is 48.0 Å². The summed E-state index contributed by atoms with van der Waals surface area (Å²) >= 11 is 1.70. The van der Waals surface area contributed by atoms with Crippen LogP contribution in [0.4, 0.5) is 8.78 Å². The molecule has 1 aliphatic rings. The predicted octanol–water partition coefficient (Wildman–Crippen LogP) is 5.41. The van der Waals surface area contributed by atoms with Crippen molar-refractivity contribution in [2.24, 2.45) is 5.92 Å². The smallest absolute Gasteiger partial charge is 0.222 e. The zero-order chi connectivity index (χ0) is 21.8. The van der Waals surface area contributed by atoms with Gasteiger partial charge in [-0.25, -0.2) is 13.8 Å². The van der Waals surface area contributed by atoms with Crippen molar-refractivity contribution in [3.8, 4) is 0 Å². The zero-order valence-electron chi connectivity index (χ0n) is 17.2. The van der Waals surface area contributed by atoms with E-state index >= 15 is 0 Å². The van der Waals surface area contributed by atoms with Crippen molar-refractivity contribution in [2.75, 3.05) is 13.1 Å². The summed E-state index contributed by atoms with van der Waals surface area (Å²) in [6.07, 6.45) is 3.99. The Hall–Kier alpha value is -2.67. The number of thiazole rings is 1. The molecule has 1 aliphatic heterocycles. The third-order valence-electron chi connectivity index (χ3n) is 5.78. The van der Waals surface area contributed by atoms with Gasteiger partial charge in [-0.15, -0.1) is 11.3 Å². The number of aromatic nitrogens is 1. The van der Waals surface area contributed by atoms with Crippen molar-refractivity contribution in [3.05, 3.63) is 64.7 Å². The third-order valence-corrected chi connectivity index (χ3v) is 6.88. The molecule has 1 fully saturated rings. The summed E-state index contributed by atoms with van der Waals surface area (Å²) in [5, 5.41) is 1.09. The van der Waals surface area contributed by atoms with Gasteiger partial charge >= 0.3 is 0 Å². The second-order valence-electron chi connectivity index (χ2n) is 7.93. The molecule has 1 saturated heterocycles. The second kappa shape index (κ2) is 9.64. The predicted molar refractivity (Wildman–Crippen MR) is 117 cm³/mol. The van der Waals surface area contributed by atoms with Crippen LogP contribution in [0.5, 0.6) is 0 Å². The number of unbranched alkanes of at least 4 members (excludes halogenated alkanes) is 1. The minimum Gasteiger partial charge on any atom is -0.343 e. The number of rotatable bonds is 7. The van der Waals surface area contributed by atoms with Crippen LogP contribution in [0.1, 0.15) is 47.5 Å². The number of piperidine rings is 1. The summed E-state index contributed by atoms with van der Waals surface area (Å²) < 4.78 is 28.4. The lowest BCUT2D eigenvalue weighted by molar-refractivity contribution is -0.132. The first-order chi connectivity index (χ1) is 15.0. The van der Waals surface area contributed by atoms with Crippen molar-refractivity contribution in [1.29, 1.82) is 0 Å². The molecular weight excluding hydrogens is 418 g/mol. The number of hydrogen-bond donors (Lipinski definition) is 0. The molecule has 0 radical (unpaired) electrons. The Labute approximate surface area is 183 Å². The summed E-state index contributed by atoms with van der Waals surface area (Å²) in [6.45, 7) is 0.952. The van der Waals surface area contributed by atoms with Crippen LogP contribution in [0.25, 0.3) is 10.2 Å². The fourth-order valence-corrected chi connectivity index (χ4v) is 5.04. The first-order valence-electron chi connectivity index (χ1n) is 10.6. The molecule has 1 aromatic heterocycles. The monoisotopic (exact) mass is 442 g/mol. The number of Topliss-reactive ketones (excluding diaryl/α,β-unsaturated/α-hetero) is 1. The Morgan fingerprint density at radius 2 is 1.84 bits per heavy atom. The Morgan fingerprint density at radius 1 is 1.06 bits per heavy atom. The van der Waals surface area contributed by atoms with Crippen molar-refractivity contribution < 1.29 is 18.4 Å². The van der Waals surface area contributed by atoms with Gasteiger partial charge in [0, 0.05) is 25.4 Å². The van der Waals surface area contributed by atoms with E-state index in [0.29, 0.717) is 32.4 Å². The van der Waals surface area contributed by atoms with E-state index in [9.17, 15) is 18.4 Å². The van der Waals surface area contributed by atoms with Crippen molar-refractivity contribution in [2.45, 2.75) is 38.5 Å². The van der Waals surface area contributed by atoms with Gasteiger partial charge in [-0.1, -0.05) is 12.1 Å². The number of halogens is 2. The van der Waals surface area contributed by atoms with Gasteiger partial charge in [0.1, 0.15) is 11.6 Å². The Bertz CT molecular complexity index is 1060. The number of nitrogens with zero attached hydrogens (tertiary/aromatic N) is 2. The van der Waals surface area contributed by atoms with E-state index in [-0.39, 0.29) is 23.2 Å². The van der Waals surface area contributed by atoms with Gasteiger partial charge in [0.05, 0.1) is 20.8 Å². The van der Waals surface area contributed by atoms with Crippen LogP contribution in [-0.4, -0.2) is 34.7 Å². The summed E-state index contributed by atoms with van der Waals surface area (Å²) in [7, 11) is 0. The Morgan fingerprint density at radius 3 is 2.61 bits per heavy atom. The molecule has 2 aromatic carbocycles. The number of amides is 1. The van der Waals surface area contributed by atoms with E-state index < -0.39 is 11.6 Å². The fourth-order valence-electron chi connectivity index (χ4n) is 4.03. The van der Waals surface area contributed by atoms with E-state index in [1.165, 1.54) is 4.70 Å². The highest BCUT2D eigenvalue weighted by atomic mass is 32.1.